The molecule has 3 N–H and O–H groups in total. The molecule has 0 fully saturated rings. The predicted octanol–water partition coefficient (Wildman–Crippen LogP) is 5.13. The van der Waals surface area contributed by atoms with Crippen molar-refractivity contribution >= 4 is 22.5 Å². The van der Waals surface area contributed by atoms with Crippen LogP contribution in [0.2, 0.25) is 0 Å². The number of ether oxygens (including phenoxy) is 1. The first kappa shape index (κ1) is 27.0. The van der Waals surface area contributed by atoms with E-state index in [2.05, 4.69) is 39.1 Å². The molecule has 9 nitrogen and oxygen atoms in total. The number of pyridine rings is 1. The molecule has 206 valence electrons. The first-order chi connectivity index (χ1) is 19.5. The highest BCUT2D eigenvalue weighted by molar-refractivity contribution is 6.04. The van der Waals surface area contributed by atoms with Gasteiger partial charge in [0.05, 0.1) is 41.9 Å². The van der Waals surface area contributed by atoms with Crippen LogP contribution in [0.1, 0.15) is 36.2 Å². The monoisotopic (exact) mass is 538 g/mol. The standard InChI is InChI=1S/C31H34N6O3/c1-3-36(4-2)13-8-14-40-26-11-12-28-23(15-26)16-29(35-28)27-17-25(19-32-31(27)39)34-30(38)24-18-33-37(21-24)20-22-9-6-5-7-10-22/h5-7,9-12,15-19,21,35H,3-4,8,13-14,20H2,1-2H3,(H,32,39)(H,34,38). The average molecular weight is 539 g/mol. The summed E-state index contributed by atoms with van der Waals surface area (Å²) in [4.78, 5) is 34.0. The van der Waals surface area contributed by atoms with Gasteiger partial charge in [0.2, 0.25) is 0 Å². The zero-order valence-corrected chi connectivity index (χ0v) is 22.8. The Kier molecular flexibility index (Phi) is 8.41. The number of nitrogens with one attached hydrogen (secondary N) is 3. The molecule has 5 rings (SSSR count). The van der Waals surface area contributed by atoms with E-state index in [1.807, 2.05) is 54.6 Å². The Balaban J connectivity index is 1.26. The van der Waals surface area contributed by atoms with Gasteiger partial charge in [-0.2, -0.15) is 5.10 Å². The highest BCUT2D eigenvalue weighted by atomic mass is 16.5. The molecular weight excluding hydrogens is 504 g/mol. The maximum Gasteiger partial charge on any atom is 0.258 e. The van der Waals surface area contributed by atoms with Crippen molar-refractivity contribution in [2.24, 2.45) is 0 Å². The molecule has 3 aromatic heterocycles. The smallest absolute Gasteiger partial charge is 0.258 e. The van der Waals surface area contributed by atoms with E-state index in [1.165, 1.54) is 12.4 Å². The van der Waals surface area contributed by atoms with Crippen molar-refractivity contribution in [3.63, 3.8) is 0 Å². The molecule has 3 heterocycles. The van der Waals surface area contributed by atoms with Gasteiger partial charge in [0, 0.05) is 29.8 Å². The quantitative estimate of drug-likeness (QED) is 0.191. The van der Waals surface area contributed by atoms with Crippen LogP contribution in [0.3, 0.4) is 0 Å². The topological polar surface area (TPSA) is 108 Å². The Hall–Kier alpha value is -4.63. The Bertz CT molecular complexity index is 1630. The molecular formula is C31H34N6O3. The molecule has 0 unspecified atom stereocenters. The first-order valence-corrected chi connectivity index (χ1v) is 13.6. The third-order valence-electron chi connectivity index (χ3n) is 6.91. The van der Waals surface area contributed by atoms with E-state index in [4.69, 9.17) is 4.74 Å². The van der Waals surface area contributed by atoms with E-state index in [-0.39, 0.29) is 11.5 Å². The van der Waals surface area contributed by atoms with Gasteiger partial charge in [0.1, 0.15) is 5.75 Å². The number of fused-ring (bicyclic) bond motifs is 1. The zero-order valence-electron chi connectivity index (χ0n) is 22.8. The van der Waals surface area contributed by atoms with Crippen LogP contribution in [0.15, 0.2) is 84.0 Å². The van der Waals surface area contributed by atoms with Crippen LogP contribution >= 0.6 is 0 Å². The minimum atomic E-state index is -0.309. The molecule has 2 aromatic carbocycles. The van der Waals surface area contributed by atoms with Gasteiger partial charge in [-0.3, -0.25) is 14.3 Å². The van der Waals surface area contributed by atoms with Crippen LogP contribution in [0.5, 0.6) is 5.75 Å². The number of rotatable bonds is 12. The summed E-state index contributed by atoms with van der Waals surface area (Å²) >= 11 is 0. The molecule has 0 radical (unpaired) electrons. The van der Waals surface area contributed by atoms with E-state index in [0.717, 1.165) is 48.3 Å². The lowest BCUT2D eigenvalue weighted by Gasteiger charge is -2.17. The van der Waals surface area contributed by atoms with E-state index in [1.54, 1.807) is 16.9 Å². The minimum absolute atomic E-state index is 0.256. The van der Waals surface area contributed by atoms with Crippen LogP contribution in [0.25, 0.3) is 22.2 Å². The van der Waals surface area contributed by atoms with Crippen molar-refractivity contribution < 1.29 is 9.53 Å². The first-order valence-electron chi connectivity index (χ1n) is 13.6. The van der Waals surface area contributed by atoms with Crippen molar-refractivity contribution in [1.29, 1.82) is 0 Å². The summed E-state index contributed by atoms with van der Waals surface area (Å²) in [5.74, 6) is 0.483. The number of hydrogen-bond acceptors (Lipinski definition) is 5. The van der Waals surface area contributed by atoms with Gasteiger partial charge in [-0.05, 0) is 55.4 Å². The highest BCUT2D eigenvalue weighted by Gasteiger charge is 2.13. The molecule has 40 heavy (non-hydrogen) atoms. The SMILES string of the molecule is CCN(CC)CCCOc1ccc2[nH]c(-c3cc(NC(=O)c4cnn(Cc5ccccc5)c4)c[nH]c3=O)cc2c1. The maximum absolute atomic E-state index is 12.9. The summed E-state index contributed by atoms with van der Waals surface area (Å²) in [7, 11) is 0. The molecule has 9 heteroatoms. The molecule has 0 aliphatic carbocycles. The van der Waals surface area contributed by atoms with Crippen molar-refractivity contribution in [3.05, 3.63) is 101 Å². The molecule has 1 amide bonds. The van der Waals surface area contributed by atoms with Crippen molar-refractivity contribution in [2.75, 3.05) is 31.6 Å². The summed E-state index contributed by atoms with van der Waals surface area (Å²) < 4.78 is 7.69. The predicted molar refractivity (Wildman–Crippen MR) is 158 cm³/mol. The lowest BCUT2D eigenvalue weighted by molar-refractivity contribution is 0.102. The fourth-order valence-electron chi connectivity index (χ4n) is 4.66. The molecule has 0 aliphatic heterocycles. The molecule has 0 spiro atoms. The van der Waals surface area contributed by atoms with Crippen LogP contribution < -0.4 is 15.6 Å². The van der Waals surface area contributed by atoms with Gasteiger partial charge in [-0.15, -0.1) is 0 Å². The van der Waals surface area contributed by atoms with E-state index in [9.17, 15) is 9.59 Å². The van der Waals surface area contributed by atoms with Gasteiger partial charge >= 0.3 is 0 Å². The number of H-pyrrole nitrogens is 2. The van der Waals surface area contributed by atoms with Crippen LogP contribution in [-0.4, -0.2) is 56.8 Å². The van der Waals surface area contributed by atoms with E-state index < -0.39 is 0 Å². The zero-order chi connectivity index (χ0) is 27.9. The van der Waals surface area contributed by atoms with Gasteiger partial charge < -0.3 is 24.9 Å². The number of nitrogens with zero attached hydrogens (tertiary/aromatic N) is 3. The summed E-state index contributed by atoms with van der Waals surface area (Å²) in [5.41, 5.74) is 3.72. The second-order valence-electron chi connectivity index (χ2n) is 9.66. The number of anilines is 1. The normalized spacial score (nSPS) is 11.3. The highest BCUT2D eigenvalue weighted by Crippen LogP contribution is 2.27. The number of amides is 1. The van der Waals surface area contributed by atoms with Crippen molar-refractivity contribution in [2.45, 2.75) is 26.8 Å². The third-order valence-corrected chi connectivity index (χ3v) is 6.91. The molecule has 0 atom stereocenters. The molecule has 0 saturated heterocycles. The summed E-state index contributed by atoms with van der Waals surface area (Å²) in [6, 6.07) is 19.4. The number of carbonyl (C=O) groups excluding carboxylic acids is 1. The number of aromatic nitrogens is 4. The van der Waals surface area contributed by atoms with Crippen LogP contribution in [0, 0.1) is 0 Å². The van der Waals surface area contributed by atoms with E-state index >= 15 is 0 Å². The summed E-state index contributed by atoms with van der Waals surface area (Å²) in [6.07, 6.45) is 5.69. The van der Waals surface area contributed by atoms with Gasteiger partial charge in [-0.1, -0.05) is 44.2 Å². The average Bonchev–Trinajstić information content (AvgIpc) is 3.62. The lowest BCUT2D eigenvalue weighted by Crippen LogP contribution is -2.25. The fraction of sp³-hybridized carbons (Fsp3) is 0.258. The molecule has 0 aliphatic rings. The van der Waals surface area contributed by atoms with Crippen molar-refractivity contribution in [1.82, 2.24) is 24.6 Å². The van der Waals surface area contributed by atoms with Gasteiger partial charge in [-0.25, -0.2) is 0 Å². The van der Waals surface area contributed by atoms with E-state index in [0.29, 0.717) is 35.7 Å². The largest absolute Gasteiger partial charge is 0.494 e. The second kappa shape index (κ2) is 12.5. The van der Waals surface area contributed by atoms with Gasteiger partial charge in [0.25, 0.3) is 11.5 Å². The summed E-state index contributed by atoms with van der Waals surface area (Å²) in [6.45, 7) is 8.63. The number of hydrogen-bond donors (Lipinski definition) is 3. The fourth-order valence-corrected chi connectivity index (χ4v) is 4.66. The molecule has 5 aromatic rings. The van der Waals surface area contributed by atoms with Crippen LogP contribution in [0.4, 0.5) is 5.69 Å². The number of carbonyl (C=O) groups is 1. The molecule has 0 bridgehead atoms. The Labute approximate surface area is 232 Å². The lowest BCUT2D eigenvalue weighted by atomic mass is 10.1. The second-order valence-corrected chi connectivity index (χ2v) is 9.66. The Morgan fingerprint density at radius 1 is 1.07 bits per heavy atom. The molecule has 0 saturated carbocycles. The van der Waals surface area contributed by atoms with Crippen LogP contribution in [-0.2, 0) is 6.54 Å². The third kappa shape index (κ3) is 6.50. The minimum Gasteiger partial charge on any atom is -0.494 e. The maximum atomic E-state index is 12.9. The van der Waals surface area contributed by atoms with Gasteiger partial charge in [0.15, 0.2) is 0 Å². The summed E-state index contributed by atoms with van der Waals surface area (Å²) in [5, 5.41) is 8.11. The number of benzene rings is 2. The Morgan fingerprint density at radius 3 is 2.70 bits per heavy atom. The Morgan fingerprint density at radius 2 is 1.90 bits per heavy atom. The van der Waals surface area contributed by atoms with Crippen molar-refractivity contribution in [3.8, 4) is 17.0 Å². The number of aromatic amines is 2.